The smallest absolute Gasteiger partial charge is 0.236 e. The van der Waals surface area contributed by atoms with Gasteiger partial charge in [-0.3, -0.25) is 9.69 Å². The van der Waals surface area contributed by atoms with Crippen LogP contribution in [-0.4, -0.2) is 54.1 Å². The predicted molar refractivity (Wildman–Crippen MR) is 82.1 cm³/mol. The largest absolute Gasteiger partial charge is 0.395 e. The maximum atomic E-state index is 12.1. The van der Waals surface area contributed by atoms with Gasteiger partial charge in [0.05, 0.1) is 13.2 Å². The molecule has 1 unspecified atom stereocenters. The van der Waals surface area contributed by atoms with Crippen LogP contribution < -0.4 is 0 Å². The normalized spacial score (nSPS) is 12.6. The summed E-state index contributed by atoms with van der Waals surface area (Å²) in [5, 5.41) is 10.2. The van der Waals surface area contributed by atoms with Gasteiger partial charge in [-0.25, -0.2) is 0 Å². The number of amides is 1. The van der Waals surface area contributed by atoms with E-state index in [1.807, 2.05) is 18.9 Å². The van der Waals surface area contributed by atoms with E-state index in [9.17, 15) is 4.79 Å². The molecule has 0 saturated heterocycles. The summed E-state index contributed by atoms with van der Waals surface area (Å²) in [6.07, 6.45) is 0. The minimum Gasteiger partial charge on any atom is -0.395 e. The van der Waals surface area contributed by atoms with Gasteiger partial charge < -0.3 is 10.0 Å². The number of carbonyl (C=O) groups excluding carboxylic acids is 1. The van der Waals surface area contributed by atoms with Crippen molar-refractivity contribution in [1.82, 2.24) is 9.80 Å². The van der Waals surface area contributed by atoms with Gasteiger partial charge in [-0.05, 0) is 37.7 Å². The SMILES string of the molecule is CC(CO)N(C)CC(=O)N(C)Cc1cc(Cl)cc(Cl)c1. The molecule has 4 nitrogen and oxygen atoms in total. The quantitative estimate of drug-likeness (QED) is 0.875. The zero-order valence-corrected chi connectivity index (χ0v) is 13.4. The van der Waals surface area contributed by atoms with E-state index in [1.54, 1.807) is 30.1 Å². The lowest BCUT2D eigenvalue weighted by Gasteiger charge is -2.25. The summed E-state index contributed by atoms with van der Waals surface area (Å²) in [5.41, 5.74) is 0.885. The number of aliphatic hydroxyl groups excluding tert-OH is 1. The molecule has 0 aliphatic carbocycles. The highest BCUT2D eigenvalue weighted by Gasteiger charge is 2.15. The molecule has 1 atom stereocenters. The van der Waals surface area contributed by atoms with E-state index in [0.717, 1.165) is 5.56 Å². The molecule has 0 bridgehead atoms. The molecule has 0 saturated carbocycles. The molecule has 112 valence electrons. The molecular weight excluding hydrogens is 299 g/mol. The Balaban J connectivity index is 2.61. The van der Waals surface area contributed by atoms with Gasteiger partial charge >= 0.3 is 0 Å². The number of nitrogens with zero attached hydrogens (tertiary/aromatic N) is 2. The lowest BCUT2D eigenvalue weighted by atomic mass is 10.2. The number of benzene rings is 1. The van der Waals surface area contributed by atoms with Crippen molar-refractivity contribution in [2.75, 3.05) is 27.2 Å². The first-order valence-corrected chi connectivity index (χ1v) is 7.09. The topological polar surface area (TPSA) is 43.8 Å². The summed E-state index contributed by atoms with van der Waals surface area (Å²) in [4.78, 5) is 15.5. The Morgan fingerprint density at radius 1 is 1.25 bits per heavy atom. The first-order valence-electron chi connectivity index (χ1n) is 6.33. The van der Waals surface area contributed by atoms with Crippen LogP contribution in [0.15, 0.2) is 18.2 Å². The van der Waals surface area contributed by atoms with E-state index in [4.69, 9.17) is 28.3 Å². The molecule has 0 aromatic heterocycles. The van der Waals surface area contributed by atoms with Gasteiger partial charge in [-0.2, -0.15) is 0 Å². The van der Waals surface area contributed by atoms with E-state index in [-0.39, 0.29) is 25.1 Å². The number of aliphatic hydroxyl groups is 1. The van der Waals surface area contributed by atoms with Crippen LogP contribution in [0.1, 0.15) is 12.5 Å². The molecule has 1 N–H and O–H groups in total. The molecule has 0 heterocycles. The van der Waals surface area contributed by atoms with Gasteiger partial charge in [-0.15, -0.1) is 0 Å². The van der Waals surface area contributed by atoms with Crippen molar-refractivity contribution in [3.63, 3.8) is 0 Å². The van der Waals surface area contributed by atoms with Crippen LogP contribution in [0.5, 0.6) is 0 Å². The number of hydrogen-bond donors (Lipinski definition) is 1. The van der Waals surface area contributed by atoms with Gasteiger partial charge in [0.1, 0.15) is 0 Å². The van der Waals surface area contributed by atoms with Crippen LogP contribution in [-0.2, 0) is 11.3 Å². The lowest BCUT2D eigenvalue weighted by molar-refractivity contribution is -0.131. The molecule has 1 aromatic carbocycles. The van der Waals surface area contributed by atoms with Crippen LogP contribution in [0.25, 0.3) is 0 Å². The number of hydrogen-bond acceptors (Lipinski definition) is 3. The highest BCUT2D eigenvalue weighted by Crippen LogP contribution is 2.19. The van der Waals surface area contributed by atoms with Crippen molar-refractivity contribution >= 4 is 29.1 Å². The Morgan fingerprint density at radius 3 is 2.30 bits per heavy atom. The zero-order chi connectivity index (χ0) is 15.3. The molecule has 0 spiro atoms. The average molecular weight is 319 g/mol. The molecule has 0 aliphatic rings. The highest BCUT2D eigenvalue weighted by molar-refractivity contribution is 6.34. The van der Waals surface area contributed by atoms with Gasteiger partial charge in [0, 0.05) is 29.7 Å². The molecule has 6 heteroatoms. The first kappa shape index (κ1) is 17.2. The molecular formula is C14H20Cl2N2O2. The van der Waals surface area contributed by atoms with Crippen molar-refractivity contribution in [2.45, 2.75) is 19.5 Å². The number of halogens is 2. The fourth-order valence-electron chi connectivity index (χ4n) is 1.69. The Hall–Kier alpha value is -0.810. The third-order valence-corrected chi connectivity index (χ3v) is 3.61. The third kappa shape index (κ3) is 5.29. The van der Waals surface area contributed by atoms with Crippen LogP contribution in [0.4, 0.5) is 0 Å². The van der Waals surface area contributed by atoms with E-state index in [1.165, 1.54) is 0 Å². The summed E-state index contributed by atoms with van der Waals surface area (Å²) in [6, 6.07) is 5.19. The fourth-order valence-corrected chi connectivity index (χ4v) is 2.26. The van der Waals surface area contributed by atoms with Crippen molar-refractivity contribution < 1.29 is 9.90 Å². The Bertz CT molecular complexity index is 448. The molecule has 1 amide bonds. The molecule has 20 heavy (non-hydrogen) atoms. The zero-order valence-electron chi connectivity index (χ0n) is 11.9. The molecule has 1 aromatic rings. The van der Waals surface area contributed by atoms with Crippen LogP contribution in [0.3, 0.4) is 0 Å². The summed E-state index contributed by atoms with van der Waals surface area (Å²) in [7, 11) is 3.54. The summed E-state index contributed by atoms with van der Waals surface area (Å²) >= 11 is 11.9. The van der Waals surface area contributed by atoms with Crippen molar-refractivity contribution in [1.29, 1.82) is 0 Å². The monoisotopic (exact) mass is 318 g/mol. The van der Waals surface area contributed by atoms with Crippen molar-refractivity contribution in [3.8, 4) is 0 Å². The van der Waals surface area contributed by atoms with Gasteiger partial charge in [0.25, 0.3) is 0 Å². The number of rotatable bonds is 6. The molecule has 1 rings (SSSR count). The first-order chi connectivity index (χ1) is 9.33. The van der Waals surface area contributed by atoms with Gasteiger partial charge in [0.2, 0.25) is 5.91 Å². The van der Waals surface area contributed by atoms with Crippen LogP contribution in [0, 0.1) is 0 Å². The van der Waals surface area contributed by atoms with Gasteiger partial charge in [0.15, 0.2) is 0 Å². The maximum absolute atomic E-state index is 12.1. The minimum atomic E-state index is -0.0482. The lowest BCUT2D eigenvalue weighted by Crippen LogP contribution is -2.41. The highest BCUT2D eigenvalue weighted by atomic mass is 35.5. The Labute approximate surface area is 129 Å². The van der Waals surface area contributed by atoms with E-state index in [2.05, 4.69) is 0 Å². The summed E-state index contributed by atoms with van der Waals surface area (Å²) in [6.45, 7) is 2.59. The Kier molecular flexibility index (Phi) is 6.76. The van der Waals surface area contributed by atoms with E-state index >= 15 is 0 Å². The predicted octanol–water partition coefficient (Wildman–Crippen LogP) is 2.26. The second-order valence-corrected chi connectivity index (χ2v) is 5.85. The fraction of sp³-hybridized carbons (Fsp3) is 0.500. The second-order valence-electron chi connectivity index (χ2n) is 4.97. The van der Waals surface area contributed by atoms with E-state index < -0.39 is 0 Å². The molecule has 0 aliphatic heterocycles. The summed E-state index contributed by atoms with van der Waals surface area (Å²) < 4.78 is 0. The van der Waals surface area contributed by atoms with E-state index in [0.29, 0.717) is 16.6 Å². The standard InChI is InChI=1S/C14H20Cl2N2O2/c1-10(9-19)17(2)8-14(20)18(3)7-11-4-12(15)6-13(16)5-11/h4-6,10,19H,7-9H2,1-3H3. The van der Waals surface area contributed by atoms with Crippen molar-refractivity contribution in [3.05, 3.63) is 33.8 Å². The summed E-state index contributed by atoms with van der Waals surface area (Å²) in [5.74, 6) is -0.0242. The second kappa shape index (κ2) is 7.84. The van der Waals surface area contributed by atoms with Crippen LogP contribution in [0.2, 0.25) is 10.0 Å². The van der Waals surface area contributed by atoms with Gasteiger partial charge in [-0.1, -0.05) is 23.2 Å². The third-order valence-electron chi connectivity index (χ3n) is 3.17. The molecule has 0 fully saturated rings. The average Bonchev–Trinajstić information content (AvgIpc) is 2.36. The maximum Gasteiger partial charge on any atom is 0.236 e. The molecule has 0 radical (unpaired) electrons. The number of carbonyl (C=O) groups is 1. The van der Waals surface area contributed by atoms with Crippen molar-refractivity contribution in [2.24, 2.45) is 0 Å². The Morgan fingerprint density at radius 2 is 1.80 bits per heavy atom. The van der Waals surface area contributed by atoms with Crippen LogP contribution >= 0.6 is 23.2 Å². The number of likely N-dealkylation sites (N-methyl/N-ethyl adjacent to an activating group) is 2. The minimum absolute atomic E-state index is 0.0242.